The maximum atomic E-state index is 14.6. The molecule has 3 aliphatic rings. The van der Waals surface area contributed by atoms with Crippen molar-refractivity contribution in [3.8, 4) is 11.1 Å². The van der Waals surface area contributed by atoms with Crippen LogP contribution in [0.3, 0.4) is 0 Å². The smallest absolute Gasteiger partial charge is 0.381 e. The van der Waals surface area contributed by atoms with Crippen LogP contribution in [0.15, 0.2) is 61.4 Å². The van der Waals surface area contributed by atoms with Gasteiger partial charge in [-0.1, -0.05) is 6.92 Å². The molecule has 0 unspecified atom stereocenters. The molecule has 0 spiro atoms. The highest BCUT2D eigenvalue weighted by atomic mass is 19.4. The van der Waals surface area contributed by atoms with Gasteiger partial charge in [0.05, 0.1) is 29.1 Å². The lowest BCUT2D eigenvalue weighted by atomic mass is 9.87. The van der Waals surface area contributed by atoms with Crippen molar-refractivity contribution >= 4 is 34.3 Å². The van der Waals surface area contributed by atoms with Gasteiger partial charge in [0, 0.05) is 93.7 Å². The van der Waals surface area contributed by atoms with Gasteiger partial charge in [0.1, 0.15) is 0 Å². The third kappa shape index (κ3) is 6.61. The van der Waals surface area contributed by atoms with Crippen molar-refractivity contribution in [1.82, 2.24) is 34.5 Å². The number of likely N-dealkylation sites (tertiary alicyclic amines) is 1. The summed E-state index contributed by atoms with van der Waals surface area (Å²) in [5.41, 5.74) is 2.87. The summed E-state index contributed by atoms with van der Waals surface area (Å²) in [6.45, 7) is 4.48. The van der Waals surface area contributed by atoms with Gasteiger partial charge in [-0.05, 0) is 78.3 Å². The van der Waals surface area contributed by atoms with Gasteiger partial charge in [-0.2, -0.15) is 18.3 Å². The number of hydrogen-bond acceptors (Lipinski definition) is 7. The first-order valence-electron chi connectivity index (χ1n) is 18.1. The summed E-state index contributed by atoms with van der Waals surface area (Å²) in [4.78, 5) is 53.4. The van der Waals surface area contributed by atoms with Crippen LogP contribution in [0, 0.1) is 5.92 Å². The topological polar surface area (TPSA) is 127 Å². The number of benzene rings is 2. The molecule has 6 heterocycles. The molecule has 0 atom stereocenters. The Morgan fingerprint density at radius 2 is 1.80 bits per heavy atom. The van der Waals surface area contributed by atoms with E-state index in [0.29, 0.717) is 90.0 Å². The fourth-order valence-corrected chi connectivity index (χ4v) is 7.84. The largest absolute Gasteiger partial charge is 0.435 e. The number of nitrogens with one attached hydrogen (secondary N) is 1. The predicted molar refractivity (Wildman–Crippen MR) is 193 cm³/mol. The Hall–Kier alpha value is -5.57. The number of imidazole rings is 1. The SMILES string of the molecule is CCc1cc(C(=O)NC2CN(C(=O)C3CCOCC3)C2)c2nccc(N3CCc4c(cc(Cn5ccnc5)cc4-c4cn(C)nc4C(F)(F)F)C3=O)c2c1. The average Bonchev–Trinajstić information content (AvgIpc) is 3.82. The highest BCUT2D eigenvalue weighted by molar-refractivity contribution is 6.15. The number of alkyl halides is 3. The van der Waals surface area contributed by atoms with Crippen LogP contribution in [-0.4, -0.2) is 85.8 Å². The van der Waals surface area contributed by atoms with Crippen LogP contribution in [0.1, 0.15) is 62.9 Å². The Balaban J connectivity index is 1.12. The lowest BCUT2D eigenvalue weighted by Crippen LogP contribution is -2.62. The molecule has 5 aromatic rings. The normalized spacial score (nSPS) is 16.8. The standard InChI is InChI=1S/C39H39F3N8O4/c1-3-23-14-30-33(4-8-44-34(30)31(15-23)36(51)45-26-19-49(20-26)37(52)25-6-12-54-13-7-25)50-10-5-27-28(32-21-47(2)46-35(32)39(40,41)42)16-24(17-29(27)38(50)53)18-48-11-9-43-22-48/h4,8-9,11,14-17,21-22,25-26H,3,5-7,10,12-13,18-20H2,1-2H3,(H,45,51). The molecule has 12 nitrogen and oxygen atoms in total. The molecule has 0 bridgehead atoms. The van der Waals surface area contributed by atoms with Gasteiger partial charge >= 0.3 is 6.18 Å². The van der Waals surface area contributed by atoms with E-state index < -0.39 is 11.9 Å². The zero-order chi connectivity index (χ0) is 37.7. The molecular weight excluding hydrogens is 701 g/mol. The number of aryl methyl sites for hydroxylation is 2. The molecule has 2 fully saturated rings. The van der Waals surface area contributed by atoms with Crippen molar-refractivity contribution < 1.29 is 32.3 Å². The van der Waals surface area contributed by atoms with Gasteiger partial charge < -0.3 is 24.4 Å². The number of carbonyl (C=O) groups is 3. The molecule has 54 heavy (non-hydrogen) atoms. The van der Waals surface area contributed by atoms with E-state index in [4.69, 9.17) is 4.74 Å². The molecule has 280 valence electrons. The van der Waals surface area contributed by atoms with Crippen molar-refractivity contribution in [3.05, 3.63) is 95.0 Å². The van der Waals surface area contributed by atoms with E-state index >= 15 is 0 Å². The molecule has 2 saturated heterocycles. The fraction of sp³-hybridized carbons (Fsp3) is 0.385. The number of pyridine rings is 1. The third-order valence-electron chi connectivity index (χ3n) is 10.6. The molecule has 3 amide bonds. The molecule has 3 aromatic heterocycles. The highest BCUT2D eigenvalue weighted by Crippen LogP contribution is 2.41. The number of fused-ring (bicyclic) bond motifs is 2. The molecule has 0 radical (unpaired) electrons. The maximum absolute atomic E-state index is 14.6. The zero-order valence-corrected chi connectivity index (χ0v) is 29.9. The number of aromatic nitrogens is 5. The quantitative estimate of drug-likeness (QED) is 0.237. The van der Waals surface area contributed by atoms with Crippen molar-refractivity contribution in [3.63, 3.8) is 0 Å². The lowest BCUT2D eigenvalue weighted by molar-refractivity contribution is -0.143. The number of amides is 3. The van der Waals surface area contributed by atoms with Crippen LogP contribution >= 0.6 is 0 Å². The summed E-state index contributed by atoms with van der Waals surface area (Å²) in [5, 5.41) is 7.44. The molecule has 8 rings (SSSR count). The number of nitrogens with zero attached hydrogens (tertiary/aromatic N) is 7. The highest BCUT2D eigenvalue weighted by Gasteiger charge is 2.40. The number of rotatable bonds is 8. The van der Waals surface area contributed by atoms with Crippen LogP contribution in [-0.2, 0) is 42.1 Å². The van der Waals surface area contributed by atoms with E-state index in [-0.39, 0.29) is 54.8 Å². The number of carbonyl (C=O) groups excluding carboxylic acids is 3. The Morgan fingerprint density at radius 3 is 2.52 bits per heavy atom. The molecule has 3 aliphatic heterocycles. The van der Waals surface area contributed by atoms with Crippen LogP contribution < -0.4 is 10.2 Å². The molecule has 15 heteroatoms. The summed E-state index contributed by atoms with van der Waals surface area (Å²) in [7, 11) is 1.44. The molecule has 1 N–H and O–H groups in total. The van der Waals surface area contributed by atoms with E-state index in [9.17, 15) is 27.6 Å². The van der Waals surface area contributed by atoms with Gasteiger partial charge in [0.2, 0.25) is 5.91 Å². The summed E-state index contributed by atoms with van der Waals surface area (Å²) >= 11 is 0. The maximum Gasteiger partial charge on any atom is 0.435 e. The minimum Gasteiger partial charge on any atom is -0.381 e. The Kier molecular flexibility index (Phi) is 9.20. The van der Waals surface area contributed by atoms with Crippen molar-refractivity contribution in [2.24, 2.45) is 13.0 Å². The van der Waals surface area contributed by atoms with Crippen molar-refractivity contribution in [2.45, 2.75) is 51.4 Å². The summed E-state index contributed by atoms with van der Waals surface area (Å²) in [5.74, 6) is -0.630. The number of halogens is 3. The van der Waals surface area contributed by atoms with Gasteiger partial charge in [0.25, 0.3) is 11.8 Å². The third-order valence-corrected chi connectivity index (χ3v) is 10.6. The molecule has 2 aromatic carbocycles. The van der Waals surface area contributed by atoms with Crippen LogP contribution in [0.5, 0.6) is 0 Å². The van der Waals surface area contributed by atoms with Gasteiger partial charge in [-0.3, -0.25) is 24.0 Å². The van der Waals surface area contributed by atoms with Crippen LogP contribution in [0.4, 0.5) is 18.9 Å². The number of anilines is 1. The lowest BCUT2D eigenvalue weighted by Gasteiger charge is -2.41. The van der Waals surface area contributed by atoms with Crippen LogP contribution in [0.25, 0.3) is 22.0 Å². The Morgan fingerprint density at radius 1 is 1.02 bits per heavy atom. The minimum absolute atomic E-state index is 0.0461. The van der Waals surface area contributed by atoms with Crippen molar-refractivity contribution in [1.29, 1.82) is 0 Å². The second-order valence-electron chi connectivity index (χ2n) is 14.2. The van der Waals surface area contributed by atoms with E-state index in [0.717, 1.165) is 10.2 Å². The summed E-state index contributed by atoms with van der Waals surface area (Å²) < 4.78 is 51.0. The monoisotopic (exact) mass is 740 g/mol. The second kappa shape index (κ2) is 14.0. The van der Waals surface area contributed by atoms with Gasteiger partial charge in [-0.25, -0.2) is 4.98 Å². The van der Waals surface area contributed by atoms with Crippen LogP contribution in [0.2, 0.25) is 0 Å². The predicted octanol–water partition coefficient (Wildman–Crippen LogP) is 5.03. The Bertz CT molecular complexity index is 2260. The fourth-order valence-electron chi connectivity index (χ4n) is 7.84. The van der Waals surface area contributed by atoms with Gasteiger partial charge in [-0.15, -0.1) is 0 Å². The summed E-state index contributed by atoms with van der Waals surface area (Å²) in [6, 6.07) is 8.72. The zero-order valence-electron chi connectivity index (χ0n) is 29.9. The van der Waals surface area contributed by atoms with E-state index in [1.54, 1.807) is 57.5 Å². The summed E-state index contributed by atoms with van der Waals surface area (Å²) in [6.07, 6.45) is 5.48. The minimum atomic E-state index is -4.70. The molecular formula is C39H39F3N8O4. The van der Waals surface area contributed by atoms with E-state index in [1.807, 2.05) is 19.1 Å². The van der Waals surface area contributed by atoms with Gasteiger partial charge in [0.15, 0.2) is 5.69 Å². The first kappa shape index (κ1) is 35.5. The number of ether oxygens (including phenoxy) is 1. The average molecular weight is 741 g/mol. The number of hydrogen-bond donors (Lipinski definition) is 1. The first-order valence-corrected chi connectivity index (χ1v) is 18.1. The van der Waals surface area contributed by atoms with E-state index in [1.165, 1.54) is 13.2 Å². The van der Waals surface area contributed by atoms with Crippen molar-refractivity contribution in [2.75, 3.05) is 37.7 Å². The molecule has 0 aliphatic carbocycles. The molecule has 0 saturated carbocycles. The second-order valence-corrected chi connectivity index (χ2v) is 14.2. The Labute approximate surface area is 308 Å². The van der Waals surface area contributed by atoms with E-state index in [2.05, 4.69) is 20.4 Å². The first-order chi connectivity index (χ1) is 26.0.